The highest BCUT2D eigenvalue weighted by Crippen LogP contribution is 2.31. The molecule has 2 heterocycles. The molecule has 5 rings (SSSR count). The Morgan fingerprint density at radius 2 is 1.91 bits per heavy atom. The molecule has 178 valence electrons. The fourth-order valence-corrected chi connectivity index (χ4v) is 4.60. The summed E-state index contributed by atoms with van der Waals surface area (Å²) in [6, 6.07) is 19.1. The van der Waals surface area contributed by atoms with Crippen LogP contribution in [-0.2, 0) is 11.3 Å². The van der Waals surface area contributed by atoms with Crippen molar-refractivity contribution in [3.05, 3.63) is 105 Å². The van der Waals surface area contributed by atoms with Gasteiger partial charge in [-0.25, -0.2) is 9.37 Å². The molecule has 0 bridgehead atoms. The van der Waals surface area contributed by atoms with E-state index in [1.807, 2.05) is 36.4 Å². The van der Waals surface area contributed by atoms with Crippen LogP contribution in [0.1, 0.15) is 55.7 Å². The Morgan fingerprint density at radius 3 is 2.69 bits per heavy atom. The third-order valence-corrected chi connectivity index (χ3v) is 6.49. The third kappa shape index (κ3) is 4.84. The van der Waals surface area contributed by atoms with E-state index in [1.165, 1.54) is 12.1 Å². The van der Waals surface area contributed by atoms with Crippen LogP contribution in [0.3, 0.4) is 0 Å². The fourth-order valence-electron chi connectivity index (χ4n) is 4.40. The van der Waals surface area contributed by atoms with Gasteiger partial charge < -0.3 is 4.84 Å². The molecule has 0 spiro atoms. The molecule has 5 nitrogen and oxygen atoms in total. The second kappa shape index (κ2) is 10.0. The van der Waals surface area contributed by atoms with E-state index in [0.717, 1.165) is 36.1 Å². The molecule has 0 aliphatic carbocycles. The van der Waals surface area contributed by atoms with Gasteiger partial charge >= 0.3 is 0 Å². The quantitative estimate of drug-likeness (QED) is 0.269. The Morgan fingerprint density at radius 1 is 1.09 bits per heavy atom. The zero-order valence-electron chi connectivity index (χ0n) is 19.4. The lowest BCUT2D eigenvalue weighted by Gasteiger charge is -2.14. The molecule has 0 radical (unpaired) electrons. The van der Waals surface area contributed by atoms with Gasteiger partial charge in [0.1, 0.15) is 11.6 Å². The van der Waals surface area contributed by atoms with Crippen molar-refractivity contribution in [3.63, 3.8) is 0 Å². The average molecular weight is 490 g/mol. The molecular formula is C28H25ClFN3O2. The number of nitrogens with zero attached hydrogens (tertiary/aromatic N) is 3. The number of hydrogen-bond donors (Lipinski definition) is 0. The molecule has 0 saturated carbocycles. The molecule has 1 aromatic heterocycles. The lowest BCUT2D eigenvalue weighted by molar-refractivity contribution is 0.0857. The van der Waals surface area contributed by atoms with Gasteiger partial charge in [-0.2, -0.15) is 0 Å². The van der Waals surface area contributed by atoms with Crippen LogP contribution in [0.2, 0.25) is 5.02 Å². The predicted molar refractivity (Wildman–Crippen MR) is 137 cm³/mol. The van der Waals surface area contributed by atoms with Gasteiger partial charge in [-0.15, -0.1) is 0 Å². The number of oxime groups is 1. The van der Waals surface area contributed by atoms with Crippen LogP contribution in [-0.4, -0.2) is 15.3 Å². The largest absolute Gasteiger partial charge is 0.387 e. The van der Waals surface area contributed by atoms with Gasteiger partial charge in [-0.1, -0.05) is 54.7 Å². The minimum atomic E-state index is -0.344. The molecule has 7 heteroatoms. The van der Waals surface area contributed by atoms with Crippen LogP contribution in [0.15, 0.2) is 76.7 Å². The van der Waals surface area contributed by atoms with Crippen LogP contribution in [0.5, 0.6) is 0 Å². The number of benzene rings is 3. The molecule has 1 aliphatic rings. The van der Waals surface area contributed by atoms with E-state index in [1.54, 1.807) is 22.8 Å². The molecule has 35 heavy (non-hydrogen) atoms. The van der Waals surface area contributed by atoms with Crippen molar-refractivity contribution in [1.82, 2.24) is 9.55 Å². The first-order valence-corrected chi connectivity index (χ1v) is 12.2. The molecule has 0 amide bonds. The normalized spacial score (nSPS) is 15.3. The number of halogens is 2. The second-order valence-corrected chi connectivity index (χ2v) is 9.16. The SMILES string of the molecule is CCCCCc1nc2cc(C3=NOC(c4cccc(Cl)c4)C3)ccc2c(=O)n1-c1ccc(F)cc1. The Kier molecular flexibility index (Phi) is 6.64. The van der Waals surface area contributed by atoms with E-state index in [4.69, 9.17) is 21.4 Å². The Labute approximate surface area is 207 Å². The Hall–Kier alpha value is -3.51. The van der Waals surface area contributed by atoms with Crippen molar-refractivity contribution >= 4 is 28.2 Å². The topological polar surface area (TPSA) is 56.5 Å². The highest BCUT2D eigenvalue weighted by atomic mass is 35.5. The summed E-state index contributed by atoms with van der Waals surface area (Å²) in [5.41, 5.74) is 3.70. The summed E-state index contributed by atoms with van der Waals surface area (Å²) in [6.45, 7) is 2.13. The van der Waals surface area contributed by atoms with Crippen LogP contribution in [0.4, 0.5) is 4.39 Å². The van der Waals surface area contributed by atoms with Crippen molar-refractivity contribution in [3.8, 4) is 5.69 Å². The van der Waals surface area contributed by atoms with E-state index < -0.39 is 0 Å². The van der Waals surface area contributed by atoms with Crippen molar-refractivity contribution in [2.75, 3.05) is 0 Å². The summed E-state index contributed by atoms with van der Waals surface area (Å²) in [4.78, 5) is 24.1. The minimum absolute atomic E-state index is 0.166. The first-order chi connectivity index (χ1) is 17.0. The van der Waals surface area contributed by atoms with Crippen molar-refractivity contribution in [1.29, 1.82) is 0 Å². The summed E-state index contributed by atoms with van der Waals surface area (Å²) in [7, 11) is 0. The van der Waals surface area contributed by atoms with Crippen molar-refractivity contribution < 1.29 is 9.23 Å². The molecule has 3 aromatic carbocycles. The van der Waals surface area contributed by atoms with Gasteiger partial charge in [0, 0.05) is 23.4 Å². The number of aromatic nitrogens is 2. The highest BCUT2D eigenvalue weighted by molar-refractivity contribution is 6.30. The van der Waals surface area contributed by atoms with Crippen LogP contribution >= 0.6 is 11.6 Å². The molecule has 0 N–H and O–H groups in total. The minimum Gasteiger partial charge on any atom is -0.387 e. The van der Waals surface area contributed by atoms with Gasteiger partial charge in [0.25, 0.3) is 5.56 Å². The van der Waals surface area contributed by atoms with E-state index in [9.17, 15) is 9.18 Å². The summed E-state index contributed by atoms with van der Waals surface area (Å²) in [5, 5.41) is 5.46. The van der Waals surface area contributed by atoms with E-state index in [-0.39, 0.29) is 17.5 Å². The highest BCUT2D eigenvalue weighted by Gasteiger charge is 2.25. The fraction of sp³-hybridized carbons (Fsp3) is 0.250. The third-order valence-electron chi connectivity index (χ3n) is 6.25. The van der Waals surface area contributed by atoms with E-state index in [2.05, 4.69) is 12.1 Å². The van der Waals surface area contributed by atoms with Crippen LogP contribution < -0.4 is 5.56 Å². The monoisotopic (exact) mass is 489 g/mol. The van der Waals surface area contributed by atoms with Crippen molar-refractivity contribution in [2.24, 2.45) is 5.16 Å². The average Bonchev–Trinajstić information content (AvgIpc) is 3.35. The van der Waals surface area contributed by atoms with E-state index >= 15 is 0 Å². The zero-order valence-corrected chi connectivity index (χ0v) is 20.1. The molecule has 0 saturated heterocycles. The first kappa shape index (κ1) is 23.2. The first-order valence-electron chi connectivity index (χ1n) is 11.8. The van der Waals surface area contributed by atoms with Gasteiger partial charge in [0.15, 0.2) is 6.10 Å². The van der Waals surface area contributed by atoms with Gasteiger partial charge in [0.05, 0.1) is 22.3 Å². The van der Waals surface area contributed by atoms with Crippen LogP contribution in [0, 0.1) is 5.82 Å². The Bertz CT molecular complexity index is 1460. The summed E-state index contributed by atoms with van der Waals surface area (Å²) >= 11 is 6.13. The number of hydrogen-bond acceptors (Lipinski definition) is 4. The van der Waals surface area contributed by atoms with E-state index in [0.29, 0.717) is 40.3 Å². The number of aryl methyl sites for hydroxylation is 1. The number of unbranched alkanes of at least 4 members (excludes halogenated alkanes) is 2. The molecule has 1 aliphatic heterocycles. The summed E-state index contributed by atoms with van der Waals surface area (Å²) < 4.78 is 15.1. The number of rotatable bonds is 7. The molecule has 1 unspecified atom stereocenters. The summed E-state index contributed by atoms with van der Waals surface area (Å²) in [6.07, 6.45) is 4.06. The summed E-state index contributed by atoms with van der Waals surface area (Å²) in [5.74, 6) is 0.324. The zero-order chi connectivity index (χ0) is 24.4. The maximum atomic E-state index is 13.5. The maximum absolute atomic E-state index is 13.5. The Balaban J connectivity index is 1.51. The molecule has 1 atom stereocenters. The van der Waals surface area contributed by atoms with Crippen LogP contribution in [0.25, 0.3) is 16.6 Å². The molecular weight excluding hydrogens is 465 g/mol. The lowest BCUT2D eigenvalue weighted by Crippen LogP contribution is -2.24. The molecule has 0 fully saturated rings. The lowest BCUT2D eigenvalue weighted by atomic mass is 9.99. The number of fused-ring (bicyclic) bond motifs is 1. The van der Waals surface area contributed by atoms with Gasteiger partial charge in [-0.05, 0) is 60.5 Å². The van der Waals surface area contributed by atoms with Gasteiger partial charge in [-0.3, -0.25) is 9.36 Å². The maximum Gasteiger partial charge on any atom is 0.265 e. The predicted octanol–water partition coefficient (Wildman–Crippen LogP) is 6.78. The van der Waals surface area contributed by atoms with Crippen molar-refractivity contribution in [2.45, 2.75) is 45.1 Å². The second-order valence-electron chi connectivity index (χ2n) is 8.73. The smallest absolute Gasteiger partial charge is 0.265 e. The standard InChI is InChI=1S/C28H25ClFN3O2/c1-2-3-4-8-27-31-25-16-18(24-17-26(35-32-24)19-6-5-7-20(29)15-19)9-14-23(25)28(34)33(27)22-12-10-21(30)11-13-22/h5-7,9-16,26H,2-4,8,17H2,1H3. The molecule has 4 aromatic rings. The van der Waals surface area contributed by atoms with Gasteiger partial charge in [0.2, 0.25) is 0 Å².